The molecule has 1 amide bonds. The number of hydrogen-bond acceptors (Lipinski definition) is 5. The average molecular weight is 419 g/mol. The number of rotatable bonds is 7. The Morgan fingerprint density at radius 3 is 2.58 bits per heavy atom. The van der Waals surface area contributed by atoms with Crippen LogP contribution in [-0.2, 0) is 20.9 Å². The minimum atomic E-state index is -0.656. The number of carbonyl (C=O) groups is 2. The van der Waals surface area contributed by atoms with E-state index in [9.17, 15) is 9.59 Å². The molecule has 1 aliphatic heterocycles. The van der Waals surface area contributed by atoms with Gasteiger partial charge in [0.15, 0.2) is 6.61 Å². The molecular weight excluding hydrogens is 394 g/mol. The molecule has 2 heterocycles. The monoisotopic (exact) mass is 419 g/mol. The Morgan fingerprint density at radius 2 is 1.84 bits per heavy atom. The number of nitrogens with zero attached hydrogens (tertiary/aromatic N) is 1. The Morgan fingerprint density at radius 1 is 1.06 bits per heavy atom. The summed E-state index contributed by atoms with van der Waals surface area (Å²) >= 11 is 0. The van der Waals surface area contributed by atoms with Crippen molar-refractivity contribution in [2.75, 3.05) is 26.3 Å². The van der Waals surface area contributed by atoms with Gasteiger partial charge in [0.05, 0.1) is 6.61 Å². The van der Waals surface area contributed by atoms with Crippen molar-refractivity contribution in [1.29, 1.82) is 0 Å². The van der Waals surface area contributed by atoms with Gasteiger partial charge in [0.25, 0.3) is 5.91 Å². The van der Waals surface area contributed by atoms with Gasteiger partial charge in [-0.1, -0.05) is 54.6 Å². The van der Waals surface area contributed by atoms with Crippen LogP contribution in [0, 0.1) is 0 Å². The number of carbonyl (C=O) groups excluding carboxylic acids is 2. The van der Waals surface area contributed by atoms with Crippen LogP contribution in [-0.4, -0.2) is 43.1 Å². The van der Waals surface area contributed by atoms with E-state index in [1.54, 1.807) is 11.0 Å². The molecule has 0 atom stereocenters. The second-order valence-electron chi connectivity index (χ2n) is 7.30. The van der Waals surface area contributed by atoms with Gasteiger partial charge in [-0.15, -0.1) is 0 Å². The Balaban J connectivity index is 1.39. The minimum Gasteiger partial charge on any atom is -0.450 e. The summed E-state index contributed by atoms with van der Waals surface area (Å²) in [6, 6.07) is 17.5. The summed E-state index contributed by atoms with van der Waals surface area (Å²) in [5.41, 5.74) is 3.63. The van der Waals surface area contributed by atoms with E-state index in [4.69, 9.17) is 13.9 Å². The zero-order valence-electron chi connectivity index (χ0n) is 17.5. The third-order valence-corrected chi connectivity index (χ3v) is 5.37. The largest absolute Gasteiger partial charge is 0.450 e. The molecule has 2 aromatic carbocycles. The predicted octanol–water partition coefficient (Wildman–Crippen LogP) is 4.44. The number of esters is 1. The Kier molecular flexibility index (Phi) is 6.48. The molecule has 0 saturated carbocycles. The first-order valence-electron chi connectivity index (χ1n) is 10.4. The highest BCUT2D eigenvalue weighted by Gasteiger charge is 2.24. The maximum Gasteiger partial charge on any atom is 0.375 e. The molecule has 0 unspecified atom stereocenters. The lowest BCUT2D eigenvalue weighted by Crippen LogP contribution is -2.37. The van der Waals surface area contributed by atoms with E-state index in [1.807, 2.05) is 43.3 Å². The highest BCUT2D eigenvalue weighted by Crippen LogP contribution is 2.27. The van der Waals surface area contributed by atoms with E-state index in [-0.39, 0.29) is 24.9 Å². The smallest absolute Gasteiger partial charge is 0.375 e. The van der Waals surface area contributed by atoms with Crippen LogP contribution in [0.25, 0.3) is 16.5 Å². The van der Waals surface area contributed by atoms with E-state index in [0.29, 0.717) is 30.8 Å². The fourth-order valence-corrected chi connectivity index (χ4v) is 3.71. The molecular formula is C25H25NO5. The first-order chi connectivity index (χ1) is 15.2. The zero-order chi connectivity index (χ0) is 21.6. The molecule has 0 saturated heterocycles. The maximum absolute atomic E-state index is 12.7. The third-order valence-electron chi connectivity index (χ3n) is 5.37. The number of para-hydroxylation sites is 1. The predicted molar refractivity (Wildman–Crippen MR) is 117 cm³/mol. The molecule has 3 aromatic rings. The van der Waals surface area contributed by atoms with Crippen molar-refractivity contribution in [3.63, 3.8) is 0 Å². The van der Waals surface area contributed by atoms with Gasteiger partial charge >= 0.3 is 5.97 Å². The van der Waals surface area contributed by atoms with Crippen molar-refractivity contribution in [2.24, 2.45) is 0 Å². The van der Waals surface area contributed by atoms with Crippen LogP contribution in [0.3, 0.4) is 0 Å². The molecule has 0 N–H and O–H groups in total. The molecule has 1 aliphatic rings. The van der Waals surface area contributed by atoms with Crippen molar-refractivity contribution in [2.45, 2.75) is 20.0 Å². The molecule has 0 radical (unpaired) electrons. The van der Waals surface area contributed by atoms with Crippen molar-refractivity contribution in [1.82, 2.24) is 4.90 Å². The first-order valence-corrected chi connectivity index (χ1v) is 10.4. The molecule has 0 spiro atoms. The lowest BCUT2D eigenvalue weighted by atomic mass is 10.00. The molecule has 0 bridgehead atoms. The van der Waals surface area contributed by atoms with Crippen molar-refractivity contribution in [3.05, 3.63) is 77.6 Å². The number of amides is 1. The number of benzene rings is 2. The summed E-state index contributed by atoms with van der Waals surface area (Å²) in [6.45, 7) is 3.41. The fourth-order valence-electron chi connectivity index (χ4n) is 3.71. The van der Waals surface area contributed by atoms with Crippen LogP contribution < -0.4 is 0 Å². The van der Waals surface area contributed by atoms with Crippen molar-refractivity contribution >= 4 is 28.4 Å². The molecule has 4 rings (SSSR count). The van der Waals surface area contributed by atoms with Crippen LogP contribution in [0.1, 0.15) is 35.0 Å². The topological polar surface area (TPSA) is 69.0 Å². The van der Waals surface area contributed by atoms with Crippen molar-refractivity contribution in [3.8, 4) is 0 Å². The number of ether oxygens (including phenoxy) is 2. The van der Waals surface area contributed by atoms with Gasteiger partial charge in [0, 0.05) is 30.6 Å². The molecule has 0 aliphatic carbocycles. The lowest BCUT2D eigenvalue weighted by molar-refractivity contribution is -0.134. The highest BCUT2D eigenvalue weighted by molar-refractivity contribution is 5.97. The summed E-state index contributed by atoms with van der Waals surface area (Å²) < 4.78 is 16.5. The highest BCUT2D eigenvalue weighted by atomic mass is 16.5. The summed E-state index contributed by atoms with van der Waals surface area (Å²) in [5, 5.41) is 0.809. The van der Waals surface area contributed by atoms with Crippen LogP contribution in [0.15, 0.2) is 65.1 Å². The third kappa shape index (κ3) is 4.70. The second kappa shape index (κ2) is 9.62. The molecule has 6 heteroatoms. The summed E-state index contributed by atoms with van der Waals surface area (Å²) in [4.78, 5) is 26.9. The Bertz CT molecular complexity index is 1100. The van der Waals surface area contributed by atoms with E-state index >= 15 is 0 Å². The van der Waals surface area contributed by atoms with Gasteiger partial charge in [0.2, 0.25) is 5.76 Å². The lowest BCUT2D eigenvalue weighted by Gasteiger charge is -2.26. The van der Waals surface area contributed by atoms with Crippen LogP contribution in [0.5, 0.6) is 0 Å². The zero-order valence-corrected chi connectivity index (χ0v) is 17.5. The maximum atomic E-state index is 12.7. The normalized spacial score (nSPS) is 13.8. The molecule has 6 nitrogen and oxygen atoms in total. The van der Waals surface area contributed by atoms with Crippen LogP contribution in [0.4, 0.5) is 0 Å². The average Bonchev–Trinajstić information content (AvgIpc) is 3.20. The van der Waals surface area contributed by atoms with Gasteiger partial charge in [-0.3, -0.25) is 4.79 Å². The van der Waals surface area contributed by atoms with Gasteiger partial charge in [0.1, 0.15) is 5.58 Å². The minimum absolute atomic E-state index is 0.0901. The molecule has 0 fully saturated rings. The molecule has 160 valence electrons. The van der Waals surface area contributed by atoms with Gasteiger partial charge < -0.3 is 18.8 Å². The number of hydrogen-bond donors (Lipinski definition) is 0. The molecule has 1 aromatic heterocycles. The number of furan rings is 1. The van der Waals surface area contributed by atoms with E-state index < -0.39 is 5.97 Å². The standard InChI is InChI=1S/C25H25NO5/c1-2-29-16-21-20-10-6-7-11-22(20)31-24(21)25(28)30-17-23(27)26-14-12-19(13-15-26)18-8-4-3-5-9-18/h3-12H,2,13-17H2,1H3. The van der Waals surface area contributed by atoms with Crippen LogP contribution >= 0.6 is 0 Å². The van der Waals surface area contributed by atoms with E-state index in [0.717, 1.165) is 11.8 Å². The Labute approximate surface area is 181 Å². The summed E-state index contributed by atoms with van der Waals surface area (Å²) in [6.07, 6.45) is 2.82. The molecule has 31 heavy (non-hydrogen) atoms. The van der Waals surface area contributed by atoms with Crippen LogP contribution in [0.2, 0.25) is 0 Å². The van der Waals surface area contributed by atoms with Gasteiger partial charge in [-0.25, -0.2) is 4.79 Å². The van der Waals surface area contributed by atoms with Crippen molar-refractivity contribution < 1.29 is 23.5 Å². The number of fused-ring (bicyclic) bond motifs is 1. The van der Waals surface area contributed by atoms with E-state index in [1.165, 1.54) is 11.1 Å². The second-order valence-corrected chi connectivity index (χ2v) is 7.30. The van der Waals surface area contributed by atoms with E-state index in [2.05, 4.69) is 18.2 Å². The van der Waals surface area contributed by atoms with Gasteiger partial charge in [-0.05, 0) is 30.5 Å². The quantitative estimate of drug-likeness (QED) is 0.530. The van der Waals surface area contributed by atoms with Gasteiger partial charge in [-0.2, -0.15) is 0 Å². The SMILES string of the molecule is CCOCc1c(C(=O)OCC(=O)N2CC=C(c3ccccc3)CC2)oc2ccccc12. The summed E-state index contributed by atoms with van der Waals surface area (Å²) in [7, 11) is 0. The summed E-state index contributed by atoms with van der Waals surface area (Å²) in [5.74, 6) is -0.789. The Hall–Kier alpha value is -3.38. The fraction of sp³-hybridized carbons (Fsp3) is 0.280. The first kappa shape index (κ1) is 20.9.